The molecule has 33 heavy (non-hydrogen) atoms. The van der Waals surface area contributed by atoms with E-state index in [4.69, 9.17) is 31.5 Å². The van der Waals surface area contributed by atoms with Gasteiger partial charge >= 0.3 is 0 Å². The van der Waals surface area contributed by atoms with Crippen LogP contribution < -0.4 is 30.6 Å². The van der Waals surface area contributed by atoms with Crippen LogP contribution in [0, 0.1) is 0 Å². The van der Waals surface area contributed by atoms with Crippen molar-refractivity contribution in [3.63, 3.8) is 0 Å². The molecule has 0 aromatic heterocycles. The van der Waals surface area contributed by atoms with Gasteiger partial charge in [-0.05, 0) is 35.9 Å². The summed E-state index contributed by atoms with van der Waals surface area (Å²) in [4.78, 5) is 25.6. The summed E-state index contributed by atoms with van der Waals surface area (Å²) in [6.45, 7) is 0.0862. The molecule has 1 unspecified atom stereocenters. The predicted octanol–water partition coefficient (Wildman–Crippen LogP) is 3.33. The predicted molar refractivity (Wildman–Crippen MR) is 121 cm³/mol. The second kappa shape index (κ2) is 8.65. The van der Waals surface area contributed by atoms with Crippen LogP contribution in [-0.2, 0) is 9.59 Å². The molecule has 0 saturated heterocycles. The molecule has 5 rings (SSSR count). The van der Waals surface area contributed by atoms with Gasteiger partial charge < -0.3 is 25.3 Å². The second-order valence-corrected chi connectivity index (χ2v) is 8.10. The molecule has 2 aliphatic heterocycles. The molecular formula is C24H20ClN3O5. The van der Waals surface area contributed by atoms with Gasteiger partial charge in [-0.1, -0.05) is 41.9 Å². The number of rotatable bonds is 6. The first-order valence-electron chi connectivity index (χ1n) is 10.3. The van der Waals surface area contributed by atoms with Gasteiger partial charge in [0, 0.05) is 22.3 Å². The Hall–Kier alpha value is -3.75. The van der Waals surface area contributed by atoms with Crippen LogP contribution in [0.1, 0.15) is 23.2 Å². The Labute approximate surface area is 194 Å². The Balaban J connectivity index is 1.56. The first kappa shape index (κ1) is 21.1. The molecule has 0 spiro atoms. The van der Waals surface area contributed by atoms with Crippen molar-refractivity contribution in [2.24, 2.45) is 5.73 Å². The van der Waals surface area contributed by atoms with Crippen molar-refractivity contribution in [3.05, 3.63) is 82.9 Å². The number of amides is 2. The highest BCUT2D eigenvalue weighted by molar-refractivity contribution is 6.30. The molecule has 0 bridgehead atoms. The SMILES string of the molecule is NC(=O)C(N[C@H]1c2cc3c(cc2NC(=O)[C@@H]1Oc1ccc(Cl)cc1)OCO3)c1ccccc1. The number of halogens is 1. The van der Waals surface area contributed by atoms with Gasteiger partial charge in [-0.15, -0.1) is 0 Å². The maximum absolute atomic E-state index is 13.1. The van der Waals surface area contributed by atoms with E-state index in [1.54, 1.807) is 48.5 Å². The molecular weight excluding hydrogens is 446 g/mol. The summed E-state index contributed by atoms with van der Waals surface area (Å²) >= 11 is 5.98. The molecule has 0 aliphatic carbocycles. The van der Waals surface area contributed by atoms with Gasteiger partial charge in [0.05, 0.1) is 6.04 Å². The first-order chi connectivity index (χ1) is 16.0. The van der Waals surface area contributed by atoms with Crippen LogP contribution in [0.2, 0.25) is 5.02 Å². The molecule has 9 heteroatoms. The van der Waals surface area contributed by atoms with E-state index in [1.807, 2.05) is 18.2 Å². The number of ether oxygens (including phenoxy) is 3. The summed E-state index contributed by atoms with van der Waals surface area (Å²) in [7, 11) is 0. The van der Waals surface area contributed by atoms with E-state index >= 15 is 0 Å². The van der Waals surface area contributed by atoms with Crippen LogP contribution in [0.3, 0.4) is 0 Å². The number of hydrogen-bond donors (Lipinski definition) is 3. The van der Waals surface area contributed by atoms with E-state index < -0.39 is 24.1 Å². The zero-order chi connectivity index (χ0) is 22.9. The zero-order valence-electron chi connectivity index (χ0n) is 17.3. The van der Waals surface area contributed by atoms with E-state index in [-0.39, 0.29) is 12.7 Å². The lowest BCUT2D eigenvalue weighted by molar-refractivity contribution is -0.126. The van der Waals surface area contributed by atoms with Gasteiger partial charge in [0.25, 0.3) is 5.91 Å². The number of carbonyl (C=O) groups is 2. The van der Waals surface area contributed by atoms with Gasteiger partial charge in [0.15, 0.2) is 17.6 Å². The van der Waals surface area contributed by atoms with Gasteiger partial charge in [0.2, 0.25) is 12.7 Å². The standard InChI is InChI=1S/C24H20ClN3O5/c25-14-6-8-15(9-7-14)33-22-21(28-20(23(26)29)13-4-2-1-3-5-13)16-10-18-19(32-12-31-18)11-17(16)27-24(22)30/h1-11,20-22,28H,12H2,(H2,26,29)(H,27,30)/t20?,21-,22+/m0/s1. The van der Waals surface area contributed by atoms with Gasteiger partial charge in [-0.3, -0.25) is 14.9 Å². The van der Waals surface area contributed by atoms with E-state index in [0.29, 0.717) is 39.1 Å². The smallest absolute Gasteiger partial charge is 0.267 e. The number of nitrogens with two attached hydrogens (primary N) is 1. The van der Waals surface area contributed by atoms with E-state index in [9.17, 15) is 9.59 Å². The van der Waals surface area contributed by atoms with Crippen LogP contribution in [0.5, 0.6) is 17.2 Å². The highest BCUT2D eigenvalue weighted by Crippen LogP contribution is 2.43. The second-order valence-electron chi connectivity index (χ2n) is 7.66. The minimum Gasteiger partial charge on any atom is -0.479 e. The quantitative estimate of drug-likeness (QED) is 0.515. The lowest BCUT2D eigenvalue weighted by Gasteiger charge is -2.35. The summed E-state index contributed by atoms with van der Waals surface area (Å²) in [5.41, 5.74) is 7.63. The fraction of sp³-hybridized carbons (Fsp3) is 0.167. The maximum atomic E-state index is 13.1. The summed E-state index contributed by atoms with van der Waals surface area (Å²) in [5.74, 6) is 0.548. The number of benzene rings is 3. The highest BCUT2D eigenvalue weighted by atomic mass is 35.5. The molecule has 3 atom stereocenters. The summed E-state index contributed by atoms with van der Waals surface area (Å²) in [6.07, 6.45) is -1.01. The van der Waals surface area contributed by atoms with Crippen LogP contribution in [0.15, 0.2) is 66.7 Å². The third-order valence-corrected chi connectivity index (χ3v) is 5.79. The Morgan fingerprint density at radius 3 is 2.48 bits per heavy atom. The average Bonchev–Trinajstić information content (AvgIpc) is 3.27. The number of fused-ring (bicyclic) bond motifs is 2. The molecule has 3 aromatic rings. The number of anilines is 1. The van der Waals surface area contributed by atoms with Gasteiger partial charge in [0.1, 0.15) is 11.8 Å². The topological polar surface area (TPSA) is 112 Å². The van der Waals surface area contributed by atoms with Gasteiger partial charge in [-0.2, -0.15) is 0 Å². The van der Waals surface area contributed by atoms with Crippen molar-refractivity contribution >= 4 is 29.1 Å². The fourth-order valence-electron chi connectivity index (χ4n) is 3.97. The number of carbonyl (C=O) groups excluding carboxylic acids is 2. The summed E-state index contributed by atoms with van der Waals surface area (Å²) < 4.78 is 17.0. The van der Waals surface area contributed by atoms with Crippen molar-refractivity contribution in [2.45, 2.75) is 18.2 Å². The molecule has 2 aliphatic rings. The fourth-order valence-corrected chi connectivity index (χ4v) is 4.09. The Kier molecular flexibility index (Phi) is 5.53. The highest BCUT2D eigenvalue weighted by Gasteiger charge is 2.41. The van der Waals surface area contributed by atoms with Crippen LogP contribution in [0.25, 0.3) is 0 Å². The van der Waals surface area contributed by atoms with E-state index in [1.165, 1.54) is 0 Å². The lowest BCUT2D eigenvalue weighted by Crippen LogP contribution is -2.50. The van der Waals surface area contributed by atoms with Crippen molar-refractivity contribution < 1.29 is 23.8 Å². The Morgan fingerprint density at radius 1 is 1.09 bits per heavy atom. The minimum atomic E-state index is -1.01. The Morgan fingerprint density at radius 2 is 1.79 bits per heavy atom. The third-order valence-electron chi connectivity index (χ3n) is 5.54. The lowest BCUT2D eigenvalue weighted by atomic mass is 9.92. The molecule has 0 saturated carbocycles. The monoisotopic (exact) mass is 465 g/mol. The Bertz CT molecular complexity index is 1200. The number of primary amides is 1. The number of nitrogens with one attached hydrogen (secondary N) is 2. The van der Waals surface area contributed by atoms with Crippen LogP contribution >= 0.6 is 11.6 Å². The molecule has 168 valence electrons. The normalized spacial score (nSPS) is 19.4. The minimum absolute atomic E-state index is 0.0862. The van der Waals surface area contributed by atoms with E-state index in [0.717, 1.165) is 0 Å². The maximum Gasteiger partial charge on any atom is 0.267 e. The molecule has 8 nitrogen and oxygen atoms in total. The summed E-state index contributed by atoms with van der Waals surface area (Å²) in [5, 5.41) is 6.65. The first-order valence-corrected chi connectivity index (χ1v) is 10.6. The van der Waals surface area contributed by atoms with Gasteiger partial charge in [-0.25, -0.2) is 0 Å². The number of hydrogen-bond acceptors (Lipinski definition) is 6. The van der Waals surface area contributed by atoms with Crippen molar-refractivity contribution in [1.29, 1.82) is 0 Å². The molecule has 2 amide bonds. The van der Waals surface area contributed by atoms with Crippen molar-refractivity contribution in [2.75, 3.05) is 12.1 Å². The third kappa shape index (κ3) is 4.18. The average molecular weight is 466 g/mol. The van der Waals surface area contributed by atoms with Crippen LogP contribution in [-0.4, -0.2) is 24.7 Å². The van der Waals surface area contributed by atoms with Crippen LogP contribution in [0.4, 0.5) is 5.69 Å². The largest absolute Gasteiger partial charge is 0.479 e. The van der Waals surface area contributed by atoms with E-state index in [2.05, 4.69) is 10.6 Å². The molecule has 0 radical (unpaired) electrons. The van der Waals surface area contributed by atoms with Crippen molar-refractivity contribution in [1.82, 2.24) is 5.32 Å². The molecule has 2 heterocycles. The molecule has 0 fully saturated rings. The summed E-state index contributed by atoms with van der Waals surface area (Å²) in [6, 6.07) is 17.6. The molecule has 4 N–H and O–H groups in total. The molecule has 3 aromatic carbocycles. The van der Waals surface area contributed by atoms with Crippen molar-refractivity contribution in [3.8, 4) is 17.2 Å². The zero-order valence-corrected chi connectivity index (χ0v) is 18.0.